The average Bonchev–Trinajstić information content (AvgIpc) is 3.08. The van der Waals surface area contributed by atoms with E-state index < -0.39 is 4.92 Å². The monoisotopic (exact) mass is 348 g/mol. The summed E-state index contributed by atoms with van der Waals surface area (Å²) in [5.74, 6) is 0.589. The van der Waals surface area contributed by atoms with Crippen LogP contribution in [-0.4, -0.2) is 19.3 Å². The minimum atomic E-state index is -0.413. The molecule has 122 valence electrons. The van der Waals surface area contributed by atoms with Crippen molar-refractivity contribution in [3.63, 3.8) is 0 Å². The van der Waals surface area contributed by atoms with Crippen LogP contribution in [0.2, 0.25) is 0 Å². The molecule has 4 rings (SSSR count). The van der Waals surface area contributed by atoms with E-state index in [1.807, 2.05) is 36.5 Å². The number of hydrogen-bond donors (Lipinski definition) is 1. The molecule has 2 aromatic heterocycles. The molecule has 0 aliphatic rings. The first-order valence-electron chi connectivity index (χ1n) is 7.54. The fourth-order valence-corrected chi connectivity index (χ4v) is 3.02. The SMILES string of the molecule is O=[N+]([O-])c1cccc(-c2cn3c(=S)c(-c4ccccc4)cnc3[nH]2)c1. The summed E-state index contributed by atoms with van der Waals surface area (Å²) in [5.41, 5.74) is 3.31. The van der Waals surface area contributed by atoms with Crippen LogP contribution in [0.4, 0.5) is 5.69 Å². The second-order valence-corrected chi connectivity index (χ2v) is 5.90. The van der Waals surface area contributed by atoms with E-state index in [1.165, 1.54) is 12.1 Å². The predicted octanol–water partition coefficient (Wildman–Crippen LogP) is 4.63. The van der Waals surface area contributed by atoms with Crippen LogP contribution < -0.4 is 0 Å². The van der Waals surface area contributed by atoms with Gasteiger partial charge in [0, 0.05) is 35.7 Å². The Labute approximate surface area is 147 Å². The average molecular weight is 348 g/mol. The minimum absolute atomic E-state index is 0.0395. The molecule has 0 fully saturated rings. The fourth-order valence-electron chi connectivity index (χ4n) is 2.71. The highest BCUT2D eigenvalue weighted by molar-refractivity contribution is 7.71. The van der Waals surface area contributed by atoms with E-state index in [9.17, 15) is 10.1 Å². The normalized spacial score (nSPS) is 10.9. The van der Waals surface area contributed by atoms with Gasteiger partial charge in [0.05, 0.1) is 10.6 Å². The Kier molecular flexibility index (Phi) is 3.62. The summed E-state index contributed by atoms with van der Waals surface area (Å²) in [5, 5.41) is 11.0. The number of aromatic nitrogens is 3. The van der Waals surface area contributed by atoms with Crippen molar-refractivity contribution in [3.8, 4) is 22.4 Å². The molecule has 0 saturated heterocycles. The van der Waals surface area contributed by atoms with Crippen molar-refractivity contribution in [2.75, 3.05) is 0 Å². The summed E-state index contributed by atoms with van der Waals surface area (Å²) >= 11 is 5.60. The van der Waals surface area contributed by atoms with Crippen molar-refractivity contribution < 1.29 is 4.92 Å². The molecule has 1 N–H and O–H groups in total. The molecule has 7 heteroatoms. The number of nitrogens with one attached hydrogen (secondary N) is 1. The first kappa shape index (κ1) is 15.2. The summed E-state index contributed by atoms with van der Waals surface area (Å²) < 4.78 is 2.41. The molecular formula is C18H12N4O2S. The highest BCUT2D eigenvalue weighted by Crippen LogP contribution is 2.25. The van der Waals surface area contributed by atoms with Crippen LogP contribution in [0.3, 0.4) is 0 Å². The van der Waals surface area contributed by atoms with Crippen molar-refractivity contribution in [1.29, 1.82) is 0 Å². The summed E-state index contributed by atoms with van der Waals surface area (Å²) in [6, 6.07) is 16.2. The van der Waals surface area contributed by atoms with Crippen molar-refractivity contribution in [1.82, 2.24) is 14.4 Å². The number of imidazole rings is 1. The smallest absolute Gasteiger partial charge is 0.270 e. The Morgan fingerprint density at radius 1 is 1.08 bits per heavy atom. The Hall–Kier alpha value is -3.32. The molecule has 0 amide bonds. The first-order chi connectivity index (χ1) is 12.1. The lowest BCUT2D eigenvalue weighted by molar-refractivity contribution is -0.384. The highest BCUT2D eigenvalue weighted by atomic mass is 32.1. The van der Waals surface area contributed by atoms with Gasteiger partial charge in [-0.3, -0.25) is 14.5 Å². The standard InChI is InChI=1S/C18H12N4O2S/c23-22(24)14-8-4-7-13(9-14)16-11-21-17(25)15(10-19-18(21)20-16)12-5-2-1-3-6-12/h1-11H,(H,19,20). The lowest BCUT2D eigenvalue weighted by Gasteiger charge is -2.02. The second-order valence-electron chi connectivity index (χ2n) is 5.51. The fraction of sp³-hybridized carbons (Fsp3) is 0. The van der Waals surface area contributed by atoms with Crippen LogP contribution >= 0.6 is 12.2 Å². The van der Waals surface area contributed by atoms with Crippen LogP contribution in [0.1, 0.15) is 0 Å². The number of nitrogens with zero attached hydrogens (tertiary/aromatic N) is 3. The zero-order valence-corrected chi connectivity index (χ0v) is 13.7. The van der Waals surface area contributed by atoms with E-state index in [1.54, 1.807) is 22.7 Å². The van der Waals surface area contributed by atoms with Crippen molar-refractivity contribution in [2.24, 2.45) is 0 Å². The molecule has 0 saturated carbocycles. The third-order valence-corrected chi connectivity index (χ3v) is 4.37. The molecule has 25 heavy (non-hydrogen) atoms. The third kappa shape index (κ3) is 2.70. The largest absolute Gasteiger partial charge is 0.323 e. The van der Waals surface area contributed by atoms with Gasteiger partial charge in [-0.1, -0.05) is 54.7 Å². The van der Waals surface area contributed by atoms with Crippen molar-refractivity contribution in [2.45, 2.75) is 0 Å². The van der Waals surface area contributed by atoms with Crippen LogP contribution in [0.5, 0.6) is 0 Å². The summed E-state index contributed by atoms with van der Waals surface area (Å²) in [6.07, 6.45) is 3.55. The Morgan fingerprint density at radius 2 is 1.84 bits per heavy atom. The van der Waals surface area contributed by atoms with Gasteiger partial charge in [0.15, 0.2) is 0 Å². The molecule has 6 nitrogen and oxygen atoms in total. The zero-order valence-electron chi connectivity index (χ0n) is 12.9. The number of rotatable bonds is 3. The maximum Gasteiger partial charge on any atom is 0.270 e. The van der Waals surface area contributed by atoms with E-state index in [-0.39, 0.29) is 5.69 Å². The van der Waals surface area contributed by atoms with E-state index in [4.69, 9.17) is 12.2 Å². The zero-order chi connectivity index (χ0) is 17.4. The van der Waals surface area contributed by atoms with Gasteiger partial charge in [-0.05, 0) is 5.56 Å². The van der Waals surface area contributed by atoms with Gasteiger partial charge in [0.25, 0.3) is 5.69 Å². The molecule has 0 unspecified atom stereocenters. The number of hydrogen-bond acceptors (Lipinski definition) is 4. The molecule has 4 aromatic rings. The highest BCUT2D eigenvalue weighted by Gasteiger charge is 2.11. The van der Waals surface area contributed by atoms with Crippen molar-refractivity contribution in [3.05, 3.63) is 81.7 Å². The van der Waals surface area contributed by atoms with Crippen LogP contribution in [0.25, 0.3) is 28.2 Å². The molecule has 2 heterocycles. The number of H-pyrrole nitrogens is 1. The van der Waals surface area contributed by atoms with Gasteiger partial charge in [-0.2, -0.15) is 0 Å². The van der Waals surface area contributed by atoms with Gasteiger partial charge in [0.1, 0.15) is 4.64 Å². The number of nitro benzene ring substituents is 1. The minimum Gasteiger partial charge on any atom is -0.323 e. The molecule has 2 aromatic carbocycles. The van der Waals surface area contributed by atoms with Crippen LogP contribution in [0.15, 0.2) is 67.0 Å². The topological polar surface area (TPSA) is 76.2 Å². The molecule has 0 radical (unpaired) electrons. The number of aromatic amines is 1. The number of nitro groups is 1. The van der Waals surface area contributed by atoms with Gasteiger partial charge < -0.3 is 4.98 Å². The summed E-state index contributed by atoms with van der Waals surface area (Å²) in [4.78, 5) is 18.1. The number of non-ortho nitro benzene ring substituents is 1. The van der Waals surface area contributed by atoms with E-state index >= 15 is 0 Å². The Morgan fingerprint density at radius 3 is 2.60 bits per heavy atom. The lowest BCUT2D eigenvalue weighted by atomic mass is 10.1. The maximum absolute atomic E-state index is 11.0. The predicted molar refractivity (Wildman–Crippen MR) is 97.9 cm³/mol. The Balaban J connectivity index is 1.87. The van der Waals surface area contributed by atoms with Crippen LogP contribution in [0, 0.1) is 14.8 Å². The first-order valence-corrected chi connectivity index (χ1v) is 7.95. The summed E-state index contributed by atoms with van der Waals surface area (Å²) in [6.45, 7) is 0. The molecule has 0 atom stereocenters. The van der Waals surface area contributed by atoms with Gasteiger partial charge in [0.2, 0.25) is 5.78 Å². The molecule has 0 bridgehead atoms. The van der Waals surface area contributed by atoms with E-state index in [2.05, 4.69) is 9.97 Å². The number of benzene rings is 2. The van der Waals surface area contributed by atoms with Crippen LogP contribution in [-0.2, 0) is 0 Å². The lowest BCUT2D eigenvalue weighted by Crippen LogP contribution is -1.92. The van der Waals surface area contributed by atoms with Crippen molar-refractivity contribution >= 4 is 23.7 Å². The van der Waals surface area contributed by atoms with E-state index in [0.717, 1.165) is 11.1 Å². The molecule has 0 spiro atoms. The van der Waals surface area contributed by atoms with Gasteiger partial charge >= 0.3 is 0 Å². The van der Waals surface area contributed by atoms with Gasteiger partial charge in [-0.15, -0.1) is 0 Å². The Bertz CT molecular complexity index is 1150. The maximum atomic E-state index is 11.0. The quantitative estimate of drug-likeness (QED) is 0.332. The molecular weight excluding hydrogens is 336 g/mol. The summed E-state index contributed by atoms with van der Waals surface area (Å²) in [7, 11) is 0. The molecule has 0 aliphatic carbocycles. The number of fused-ring (bicyclic) bond motifs is 1. The molecule has 0 aliphatic heterocycles. The van der Waals surface area contributed by atoms with E-state index in [0.29, 0.717) is 21.7 Å². The van der Waals surface area contributed by atoms with Gasteiger partial charge in [-0.25, -0.2) is 4.98 Å². The third-order valence-electron chi connectivity index (χ3n) is 3.95. The second kappa shape index (κ2) is 5.95.